The van der Waals surface area contributed by atoms with E-state index in [9.17, 15) is 9.90 Å². The molecule has 0 radical (unpaired) electrons. The van der Waals surface area contributed by atoms with Gasteiger partial charge in [0.05, 0.1) is 0 Å². The third-order valence-corrected chi connectivity index (χ3v) is 3.38. The SMILES string of the molecule is CC(=O)OC1(O)CCCN(c2ncccc2C)CC1. The summed E-state index contributed by atoms with van der Waals surface area (Å²) < 4.78 is 5.04. The second-order valence-electron chi connectivity index (χ2n) is 5.02. The maximum atomic E-state index is 11.0. The summed E-state index contributed by atoms with van der Waals surface area (Å²) in [6, 6.07) is 3.93. The summed E-state index contributed by atoms with van der Waals surface area (Å²) in [7, 11) is 0. The Kier molecular flexibility index (Phi) is 4.04. The normalized spacial score (nSPS) is 23.8. The minimum Gasteiger partial charge on any atom is -0.433 e. The number of rotatable bonds is 2. The van der Waals surface area contributed by atoms with Gasteiger partial charge in [0.15, 0.2) is 0 Å². The zero-order valence-electron chi connectivity index (χ0n) is 11.4. The standard InChI is InChI=1S/C14H20N2O3/c1-11-5-3-8-15-13(11)16-9-4-6-14(18,7-10-16)19-12(2)17/h3,5,8,18H,4,6-7,9-10H2,1-2H3. The fourth-order valence-electron chi connectivity index (χ4n) is 2.48. The molecule has 104 valence electrons. The number of aromatic nitrogens is 1. The van der Waals surface area contributed by atoms with Gasteiger partial charge >= 0.3 is 5.97 Å². The van der Waals surface area contributed by atoms with Gasteiger partial charge in [-0.05, 0) is 25.0 Å². The number of hydrogen-bond donors (Lipinski definition) is 1. The van der Waals surface area contributed by atoms with Gasteiger partial charge in [0, 0.05) is 39.1 Å². The molecule has 5 nitrogen and oxygen atoms in total. The van der Waals surface area contributed by atoms with E-state index in [1.165, 1.54) is 6.92 Å². The summed E-state index contributed by atoms with van der Waals surface area (Å²) >= 11 is 0. The van der Waals surface area contributed by atoms with Crippen molar-refractivity contribution >= 4 is 11.8 Å². The van der Waals surface area contributed by atoms with Crippen LogP contribution < -0.4 is 4.90 Å². The van der Waals surface area contributed by atoms with E-state index in [-0.39, 0.29) is 0 Å². The molecule has 0 bridgehead atoms. The van der Waals surface area contributed by atoms with Gasteiger partial charge in [-0.25, -0.2) is 4.98 Å². The van der Waals surface area contributed by atoms with E-state index in [1.807, 2.05) is 19.1 Å². The summed E-state index contributed by atoms with van der Waals surface area (Å²) in [5, 5.41) is 10.3. The number of nitrogens with zero attached hydrogens (tertiary/aromatic N) is 2. The molecule has 0 aliphatic carbocycles. The highest BCUT2D eigenvalue weighted by Gasteiger charge is 2.33. The van der Waals surface area contributed by atoms with E-state index in [0.717, 1.165) is 24.3 Å². The Morgan fingerprint density at radius 3 is 2.95 bits per heavy atom. The van der Waals surface area contributed by atoms with E-state index < -0.39 is 11.8 Å². The fraction of sp³-hybridized carbons (Fsp3) is 0.571. The molecule has 0 saturated carbocycles. The minimum atomic E-state index is -1.33. The number of aliphatic hydroxyl groups is 1. The number of anilines is 1. The average molecular weight is 264 g/mol. The zero-order chi connectivity index (χ0) is 13.9. The molecule has 1 N–H and O–H groups in total. The third-order valence-electron chi connectivity index (χ3n) is 3.38. The highest BCUT2D eigenvalue weighted by Crippen LogP contribution is 2.27. The molecule has 1 fully saturated rings. The van der Waals surface area contributed by atoms with Crippen LogP contribution in [-0.2, 0) is 9.53 Å². The van der Waals surface area contributed by atoms with E-state index >= 15 is 0 Å². The van der Waals surface area contributed by atoms with Gasteiger partial charge in [0.25, 0.3) is 0 Å². The van der Waals surface area contributed by atoms with Gasteiger partial charge in [0.2, 0.25) is 5.79 Å². The molecule has 0 aromatic carbocycles. The molecule has 2 rings (SSSR count). The highest BCUT2D eigenvalue weighted by atomic mass is 16.7. The fourth-order valence-corrected chi connectivity index (χ4v) is 2.48. The number of carbonyl (C=O) groups is 1. The Morgan fingerprint density at radius 1 is 1.47 bits per heavy atom. The topological polar surface area (TPSA) is 62.7 Å². The van der Waals surface area contributed by atoms with Crippen molar-refractivity contribution in [2.75, 3.05) is 18.0 Å². The first-order valence-electron chi connectivity index (χ1n) is 6.59. The maximum Gasteiger partial charge on any atom is 0.305 e. The van der Waals surface area contributed by atoms with Crippen LogP contribution in [0.2, 0.25) is 0 Å². The Morgan fingerprint density at radius 2 is 2.26 bits per heavy atom. The quantitative estimate of drug-likeness (QED) is 0.650. The van der Waals surface area contributed by atoms with Crippen LogP contribution in [0.25, 0.3) is 0 Å². The number of aryl methyl sites for hydroxylation is 1. The molecule has 0 spiro atoms. The molecule has 1 aromatic heterocycles. The summed E-state index contributed by atoms with van der Waals surface area (Å²) in [5.74, 6) is -0.831. The van der Waals surface area contributed by atoms with Crippen LogP contribution in [0.15, 0.2) is 18.3 Å². The predicted molar refractivity (Wildman–Crippen MR) is 71.8 cm³/mol. The summed E-state index contributed by atoms with van der Waals surface area (Å²) in [5.41, 5.74) is 1.11. The van der Waals surface area contributed by atoms with Gasteiger partial charge in [-0.1, -0.05) is 6.07 Å². The summed E-state index contributed by atoms with van der Waals surface area (Å²) in [6.45, 7) is 4.78. The lowest BCUT2D eigenvalue weighted by molar-refractivity contribution is -0.210. The van der Waals surface area contributed by atoms with Gasteiger partial charge in [-0.2, -0.15) is 0 Å². The number of carbonyl (C=O) groups excluding carboxylic acids is 1. The summed E-state index contributed by atoms with van der Waals surface area (Å²) in [6.07, 6.45) is 3.41. The Bertz CT molecular complexity index is 464. The number of ether oxygens (including phenoxy) is 1. The van der Waals surface area contributed by atoms with Crippen molar-refractivity contribution in [3.63, 3.8) is 0 Å². The van der Waals surface area contributed by atoms with Crippen molar-refractivity contribution < 1.29 is 14.6 Å². The molecular formula is C14H20N2O3. The molecular weight excluding hydrogens is 244 g/mol. The van der Waals surface area contributed by atoms with Crippen molar-refractivity contribution in [3.05, 3.63) is 23.9 Å². The van der Waals surface area contributed by atoms with Crippen LogP contribution in [0.4, 0.5) is 5.82 Å². The highest BCUT2D eigenvalue weighted by molar-refractivity contribution is 5.66. The van der Waals surface area contributed by atoms with Crippen molar-refractivity contribution in [1.29, 1.82) is 0 Å². The molecule has 1 saturated heterocycles. The molecule has 0 amide bonds. The Labute approximate surface area is 113 Å². The number of esters is 1. The molecule has 1 aliphatic rings. The third kappa shape index (κ3) is 3.44. The molecule has 1 aliphatic heterocycles. The van der Waals surface area contributed by atoms with Crippen LogP contribution >= 0.6 is 0 Å². The van der Waals surface area contributed by atoms with Crippen molar-refractivity contribution in [2.45, 2.75) is 38.9 Å². The second kappa shape index (κ2) is 5.57. The average Bonchev–Trinajstić information content (AvgIpc) is 2.51. The van der Waals surface area contributed by atoms with Crippen molar-refractivity contribution in [1.82, 2.24) is 4.98 Å². The van der Waals surface area contributed by atoms with Crippen molar-refractivity contribution in [2.24, 2.45) is 0 Å². The van der Waals surface area contributed by atoms with Crippen LogP contribution in [0.1, 0.15) is 31.7 Å². The minimum absolute atomic E-state index is 0.405. The number of hydrogen-bond acceptors (Lipinski definition) is 5. The van der Waals surface area contributed by atoms with Gasteiger partial charge in [-0.3, -0.25) is 4.79 Å². The molecule has 1 unspecified atom stereocenters. The van der Waals surface area contributed by atoms with E-state index in [0.29, 0.717) is 19.4 Å². The molecule has 5 heteroatoms. The lowest BCUT2D eigenvalue weighted by Crippen LogP contribution is -2.35. The monoisotopic (exact) mass is 264 g/mol. The van der Waals surface area contributed by atoms with E-state index in [1.54, 1.807) is 6.20 Å². The van der Waals surface area contributed by atoms with E-state index in [4.69, 9.17) is 4.74 Å². The van der Waals surface area contributed by atoms with Crippen LogP contribution in [0, 0.1) is 6.92 Å². The van der Waals surface area contributed by atoms with Gasteiger partial charge < -0.3 is 14.7 Å². The van der Waals surface area contributed by atoms with Gasteiger partial charge in [-0.15, -0.1) is 0 Å². The molecule has 19 heavy (non-hydrogen) atoms. The van der Waals surface area contributed by atoms with Gasteiger partial charge in [0.1, 0.15) is 5.82 Å². The predicted octanol–water partition coefficient (Wildman–Crippen LogP) is 1.63. The number of pyridine rings is 1. The first-order chi connectivity index (χ1) is 9.00. The lowest BCUT2D eigenvalue weighted by Gasteiger charge is -2.26. The van der Waals surface area contributed by atoms with Crippen molar-refractivity contribution in [3.8, 4) is 0 Å². The second-order valence-corrected chi connectivity index (χ2v) is 5.02. The zero-order valence-corrected chi connectivity index (χ0v) is 11.4. The molecule has 1 aromatic rings. The maximum absolute atomic E-state index is 11.0. The van der Waals surface area contributed by atoms with E-state index in [2.05, 4.69) is 9.88 Å². The van der Waals surface area contributed by atoms with Crippen LogP contribution in [0.3, 0.4) is 0 Å². The molecule has 2 heterocycles. The Hall–Kier alpha value is -1.62. The molecule has 1 atom stereocenters. The van der Waals surface area contributed by atoms with Crippen LogP contribution in [0.5, 0.6) is 0 Å². The first-order valence-corrected chi connectivity index (χ1v) is 6.59. The Balaban J connectivity index is 2.09. The summed E-state index contributed by atoms with van der Waals surface area (Å²) in [4.78, 5) is 17.6. The first kappa shape index (κ1) is 13.8. The van der Waals surface area contributed by atoms with Crippen LogP contribution in [-0.4, -0.2) is 34.9 Å². The lowest BCUT2D eigenvalue weighted by atomic mass is 10.1. The largest absolute Gasteiger partial charge is 0.433 e. The smallest absolute Gasteiger partial charge is 0.305 e.